The average molecular weight is 719 g/mol. The molecule has 266 valence electrons. The quantitative estimate of drug-likeness (QED) is 0.178. The molecule has 56 heavy (non-hydrogen) atoms. The minimum absolute atomic E-state index is 0.608. The highest BCUT2D eigenvalue weighted by atomic mass is 15.0. The lowest BCUT2D eigenvalue weighted by Gasteiger charge is -2.19. The second-order valence-corrected chi connectivity index (χ2v) is 15.1. The van der Waals surface area contributed by atoms with Gasteiger partial charge in [0.15, 0.2) is 0 Å². The first kappa shape index (κ1) is 33.4. The first-order valence-electron chi connectivity index (χ1n) is 19.1. The van der Waals surface area contributed by atoms with Crippen molar-refractivity contribution in [3.63, 3.8) is 0 Å². The lowest BCUT2D eigenvalue weighted by molar-refractivity contribution is 1.11. The predicted octanol–water partition coefficient (Wildman–Crippen LogP) is 13.4. The number of nitriles is 1. The van der Waals surface area contributed by atoms with Gasteiger partial charge in [-0.05, 0) is 111 Å². The molecule has 3 aromatic heterocycles. The highest BCUT2D eigenvalue weighted by molar-refractivity contribution is 6.11. The number of pyridine rings is 1. The summed E-state index contributed by atoms with van der Waals surface area (Å²) in [5.74, 6) is 0. The molecule has 0 radical (unpaired) electrons. The SMILES string of the molecule is Cc1ccc2c(c1)c1ccc(C)cc1n2-c1cc(-c2cc(-c3ccccc3)nc(-c3ccccc3)c2)cc(-n2c3ccc(C)cc3c3ccc(C)cc32)c1C#N. The molecule has 7 aromatic carbocycles. The van der Waals surface area contributed by atoms with Crippen molar-refractivity contribution in [3.8, 4) is 51.1 Å². The summed E-state index contributed by atoms with van der Waals surface area (Å²) >= 11 is 0. The van der Waals surface area contributed by atoms with Gasteiger partial charge in [-0.15, -0.1) is 0 Å². The first-order valence-corrected chi connectivity index (χ1v) is 19.1. The Hall–Kier alpha value is -7.22. The summed E-state index contributed by atoms with van der Waals surface area (Å²) in [6.45, 7) is 8.55. The molecule has 4 heteroatoms. The van der Waals surface area contributed by atoms with E-state index in [1.54, 1.807) is 0 Å². The summed E-state index contributed by atoms with van der Waals surface area (Å²) in [7, 11) is 0. The Bertz CT molecular complexity index is 3030. The van der Waals surface area contributed by atoms with E-state index in [4.69, 9.17) is 4.98 Å². The fourth-order valence-corrected chi connectivity index (χ4v) is 8.47. The van der Waals surface area contributed by atoms with E-state index in [2.05, 4.69) is 188 Å². The zero-order valence-corrected chi connectivity index (χ0v) is 31.8. The molecule has 10 rings (SSSR count). The summed E-state index contributed by atoms with van der Waals surface area (Å²) in [5.41, 5.74) is 17.2. The van der Waals surface area contributed by atoms with Crippen molar-refractivity contribution < 1.29 is 0 Å². The van der Waals surface area contributed by atoms with E-state index >= 15 is 0 Å². The third-order valence-corrected chi connectivity index (χ3v) is 11.1. The van der Waals surface area contributed by atoms with Gasteiger partial charge in [-0.3, -0.25) is 0 Å². The molecule has 0 aliphatic rings. The Morgan fingerprint density at radius 2 is 0.804 bits per heavy atom. The molecular weight excluding hydrogens is 681 g/mol. The number of nitrogens with zero attached hydrogens (tertiary/aromatic N) is 4. The maximum atomic E-state index is 11.4. The summed E-state index contributed by atoms with van der Waals surface area (Å²) in [6.07, 6.45) is 0. The van der Waals surface area contributed by atoms with E-state index in [-0.39, 0.29) is 0 Å². The molecule has 0 fully saturated rings. The maximum absolute atomic E-state index is 11.4. The molecule has 0 N–H and O–H groups in total. The van der Waals surface area contributed by atoms with Crippen LogP contribution in [-0.4, -0.2) is 14.1 Å². The van der Waals surface area contributed by atoms with Gasteiger partial charge in [0.25, 0.3) is 0 Å². The van der Waals surface area contributed by atoms with E-state index in [1.165, 1.54) is 21.9 Å². The molecule has 0 atom stereocenters. The molecule has 0 bridgehead atoms. The molecule has 3 heterocycles. The van der Waals surface area contributed by atoms with E-state index in [1.807, 2.05) is 12.1 Å². The van der Waals surface area contributed by atoms with Gasteiger partial charge < -0.3 is 9.13 Å². The molecular formula is C52H38N4. The topological polar surface area (TPSA) is 46.5 Å². The zero-order valence-electron chi connectivity index (χ0n) is 31.8. The van der Waals surface area contributed by atoms with Crippen LogP contribution in [0.4, 0.5) is 0 Å². The third kappa shape index (κ3) is 5.40. The normalized spacial score (nSPS) is 11.6. The number of hydrogen-bond acceptors (Lipinski definition) is 2. The fourth-order valence-electron chi connectivity index (χ4n) is 8.47. The molecule has 0 spiro atoms. The van der Waals surface area contributed by atoms with E-state index in [9.17, 15) is 5.26 Å². The van der Waals surface area contributed by atoms with E-state index < -0.39 is 0 Å². The Kier molecular flexibility index (Phi) is 7.73. The van der Waals surface area contributed by atoms with Crippen molar-refractivity contribution in [3.05, 3.63) is 186 Å². The van der Waals surface area contributed by atoms with Crippen molar-refractivity contribution in [1.29, 1.82) is 5.26 Å². The predicted molar refractivity (Wildman–Crippen MR) is 233 cm³/mol. The number of benzene rings is 7. The number of aryl methyl sites for hydroxylation is 4. The van der Waals surface area contributed by atoms with Gasteiger partial charge in [0.2, 0.25) is 0 Å². The minimum atomic E-state index is 0.608. The van der Waals surface area contributed by atoms with Crippen LogP contribution in [-0.2, 0) is 0 Å². The van der Waals surface area contributed by atoms with Crippen molar-refractivity contribution in [2.24, 2.45) is 0 Å². The maximum Gasteiger partial charge on any atom is 0.104 e. The van der Waals surface area contributed by atoms with Crippen LogP contribution in [0.3, 0.4) is 0 Å². The fraction of sp³-hybridized carbons (Fsp3) is 0.0769. The van der Waals surface area contributed by atoms with Gasteiger partial charge in [0.05, 0.1) is 44.8 Å². The van der Waals surface area contributed by atoms with Crippen LogP contribution in [0, 0.1) is 39.0 Å². The Labute approximate surface area is 326 Å². The van der Waals surface area contributed by atoms with Crippen LogP contribution in [0.2, 0.25) is 0 Å². The number of hydrogen-bond donors (Lipinski definition) is 0. The summed E-state index contributed by atoms with van der Waals surface area (Å²) < 4.78 is 4.62. The first-order chi connectivity index (χ1) is 27.3. The van der Waals surface area contributed by atoms with Crippen LogP contribution < -0.4 is 0 Å². The van der Waals surface area contributed by atoms with Gasteiger partial charge >= 0.3 is 0 Å². The number of aromatic nitrogens is 3. The second kappa shape index (κ2) is 13.0. The Morgan fingerprint density at radius 3 is 1.25 bits per heavy atom. The van der Waals surface area contributed by atoms with E-state index in [0.717, 1.165) is 89.0 Å². The third-order valence-electron chi connectivity index (χ3n) is 11.1. The van der Waals surface area contributed by atoms with Crippen molar-refractivity contribution in [2.45, 2.75) is 27.7 Å². The summed E-state index contributed by atoms with van der Waals surface area (Å²) in [4.78, 5) is 5.21. The molecule has 0 amide bonds. The smallest absolute Gasteiger partial charge is 0.104 e. The standard InChI is InChI=1S/C52H38N4/c1-32-17-21-47-42(23-32)40-19-15-34(3)25-49(40)55(47)51-29-39(38-27-45(36-11-7-5-8-12-36)54-46(28-38)37-13-9-6-10-14-37)30-52(44(51)31-53)56-48-22-18-33(2)24-43(48)41-20-16-35(4)26-50(41)56/h5-30H,1-4H3. The summed E-state index contributed by atoms with van der Waals surface area (Å²) in [5, 5.41) is 16.1. The minimum Gasteiger partial charge on any atom is -0.308 e. The highest BCUT2D eigenvalue weighted by Gasteiger charge is 2.23. The zero-order chi connectivity index (χ0) is 38.1. The molecule has 0 unspecified atom stereocenters. The molecule has 0 saturated heterocycles. The second-order valence-electron chi connectivity index (χ2n) is 15.1. The van der Waals surface area contributed by atoms with Gasteiger partial charge in [0.1, 0.15) is 11.6 Å². The molecule has 10 aromatic rings. The van der Waals surface area contributed by atoms with Crippen molar-refractivity contribution in [2.75, 3.05) is 0 Å². The van der Waals surface area contributed by atoms with Crippen LogP contribution in [0.25, 0.3) is 88.6 Å². The Balaban J connectivity index is 1.37. The van der Waals surface area contributed by atoms with Crippen LogP contribution in [0.15, 0.2) is 158 Å². The van der Waals surface area contributed by atoms with Gasteiger partial charge in [-0.25, -0.2) is 4.98 Å². The van der Waals surface area contributed by atoms with Gasteiger partial charge in [-0.1, -0.05) is 108 Å². The molecule has 0 aliphatic heterocycles. The summed E-state index contributed by atoms with van der Waals surface area (Å²) in [6, 6.07) is 58.9. The molecule has 0 aliphatic carbocycles. The van der Waals surface area contributed by atoms with Crippen LogP contribution in [0.5, 0.6) is 0 Å². The average Bonchev–Trinajstić information content (AvgIpc) is 3.71. The van der Waals surface area contributed by atoms with Crippen LogP contribution in [0.1, 0.15) is 27.8 Å². The molecule has 0 saturated carbocycles. The monoisotopic (exact) mass is 718 g/mol. The number of fused-ring (bicyclic) bond motifs is 6. The molecule has 4 nitrogen and oxygen atoms in total. The van der Waals surface area contributed by atoms with Gasteiger partial charge in [-0.2, -0.15) is 5.26 Å². The van der Waals surface area contributed by atoms with Gasteiger partial charge in [0, 0.05) is 32.7 Å². The highest BCUT2D eigenvalue weighted by Crippen LogP contribution is 2.42. The van der Waals surface area contributed by atoms with Crippen molar-refractivity contribution >= 4 is 43.6 Å². The van der Waals surface area contributed by atoms with Crippen LogP contribution >= 0.6 is 0 Å². The Morgan fingerprint density at radius 1 is 0.393 bits per heavy atom. The number of rotatable bonds is 5. The van der Waals surface area contributed by atoms with Crippen molar-refractivity contribution in [1.82, 2.24) is 14.1 Å². The largest absolute Gasteiger partial charge is 0.308 e. The lowest BCUT2D eigenvalue weighted by atomic mass is 9.97. The van der Waals surface area contributed by atoms with E-state index in [0.29, 0.717) is 5.56 Å². The lowest BCUT2D eigenvalue weighted by Crippen LogP contribution is -2.05.